The molecule has 0 saturated carbocycles. The number of hydrogen-bond acceptors (Lipinski definition) is 6. The Labute approximate surface area is 220 Å². The van der Waals surface area contributed by atoms with Gasteiger partial charge in [-0.1, -0.05) is 60.7 Å². The second kappa shape index (κ2) is 7.52. The number of pyridine rings is 1. The highest BCUT2D eigenvalue weighted by Gasteiger charge is 2.23. The highest BCUT2D eigenvalue weighted by atomic mass is 16.3. The Morgan fingerprint density at radius 2 is 1.36 bits per heavy atom. The van der Waals surface area contributed by atoms with Crippen LogP contribution in [0.2, 0.25) is 0 Å². The SMILES string of the molecule is c1ccc(-c2nc(-c3cccc4c3oc3ccncc34)nc3c2oc2c3ccc3oc4ccccc4c32)cc1. The highest BCUT2D eigenvalue weighted by Crippen LogP contribution is 2.42. The molecular formula is C33H17N3O3. The lowest BCUT2D eigenvalue weighted by atomic mass is 10.1. The van der Waals surface area contributed by atoms with Gasteiger partial charge >= 0.3 is 0 Å². The molecule has 39 heavy (non-hydrogen) atoms. The van der Waals surface area contributed by atoms with Gasteiger partial charge < -0.3 is 13.3 Å². The zero-order chi connectivity index (χ0) is 25.5. The Balaban J connectivity index is 1.43. The van der Waals surface area contributed by atoms with Gasteiger partial charge in [0, 0.05) is 39.5 Å². The summed E-state index contributed by atoms with van der Waals surface area (Å²) < 4.78 is 19.1. The normalized spacial score (nSPS) is 12.1. The first-order valence-electron chi connectivity index (χ1n) is 12.7. The molecule has 0 radical (unpaired) electrons. The van der Waals surface area contributed by atoms with Crippen LogP contribution in [0, 0.1) is 0 Å². The van der Waals surface area contributed by atoms with Crippen molar-refractivity contribution in [1.29, 1.82) is 0 Å². The lowest BCUT2D eigenvalue weighted by Crippen LogP contribution is -1.94. The van der Waals surface area contributed by atoms with Gasteiger partial charge in [-0.15, -0.1) is 0 Å². The standard InChI is InChI=1S/C33H17N3O3/c1-2-7-18(8-3-1)28-32-29(21-13-14-26-27(31(21)39-32)20-9-4-5-12-24(20)37-26)36-33(35-28)22-11-6-10-19-23-17-34-16-15-25(23)38-30(19)22/h1-17H. The van der Waals surface area contributed by atoms with Crippen LogP contribution >= 0.6 is 0 Å². The van der Waals surface area contributed by atoms with Gasteiger partial charge in [-0.05, 0) is 30.3 Å². The molecule has 4 aromatic carbocycles. The molecule has 0 unspecified atom stereocenters. The van der Waals surface area contributed by atoms with Crippen molar-refractivity contribution in [2.75, 3.05) is 0 Å². The van der Waals surface area contributed by atoms with Gasteiger partial charge in [0.15, 0.2) is 11.4 Å². The fourth-order valence-electron chi connectivity index (χ4n) is 5.64. The van der Waals surface area contributed by atoms with Crippen LogP contribution in [0.25, 0.3) is 88.6 Å². The van der Waals surface area contributed by atoms with E-state index in [2.05, 4.69) is 11.1 Å². The van der Waals surface area contributed by atoms with Crippen LogP contribution < -0.4 is 0 Å². The topological polar surface area (TPSA) is 78.1 Å². The molecule has 0 bridgehead atoms. The van der Waals surface area contributed by atoms with Crippen LogP contribution in [-0.4, -0.2) is 15.0 Å². The molecule has 0 aliphatic carbocycles. The van der Waals surface area contributed by atoms with Gasteiger partial charge in [-0.3, -0.25) is 4.98 Å². The minimum atomic E-state index is 0.568. The van der Waals surface area contributed by atoms with E-state index in [9.17, 15) is 0 Å². The number of rotatable bonds is 2. The van der Waals surface area contributed by atoms with Crippen molar-refractivity contribution in [2.24, 2.45) is 0 Å². The van der Waals surface area contributed by atoms with E-state index < -0.39 is 0 Å². The maximum atomic E-state index is 6.63. The molecule has 0 N–H and O–H groups in total. The third-order valence-electron chi connectivity index (χ3n) is 7.41. The van der Waals surface area contributed by atoms with Gasteiger partial charge in [0.2, 0.25) is 0 Å². The first-order valence-corrected chi connectivity index (χ1v) is 12.7. The summed E-state index contributed by atoms with van der Waals surface area (Å²) in [4.78, 5) is 14.5. The van der Waals surface area contributed by atoms with Crippen molar-refractivity contribution in [3.05, 3.63) is 103 Å². The Hall–Kier alpha value is -5.49. The molecule has 0 fully saturated rings. The Bertz CT molecular complexity index is 2400. The zero-order valence-corrected chi connectivity index (χ0v) is 20.4. The van der Waals surface area contributed by atoms with Crippen LogP contribution in [0.15, 0.2) is 117 Å². The summed E-state index contributed by atoms with van der Waals surface area (Å²) in [5.41, 5.74) is 7.71. The molecule has 0 aliphatic rings. The maximum Gasteiger partial charge on any atom is 0.180 e. The summed E-state index contributed by atoms with van der Waals surface area (Å²) in [6.07, 6.45) is 3.56. The third-order valence-corrected chi connectivity index (χ3v) is 7.41. The fraction of sp³-hybridized carbons (Fsp3) is 0. The lowest BCUT2D eigenvalue weighted by molar-refractivity contribution is 0.661. The van der Waals surface area contributed by atoms with Gasteiger partial charge in [-0.2, -0.15) is 0 Å². The van der Waals surface area contributed by atoms with Gasteiger partial charge in [0.05, 0.1) is 10.9 Å². The average molecular weight is 504 g/mol. The van der Waals surface area contributed by atoms with E-state index >= 15 is 0 Å². The maximum absolute atomic E-state index is 6.63. The van der Waals surface area contributed by atoms with Crippen LogP contribution in [0.3, 0.4) is 0 Å². The fourth-order valence-corrected chi connectivity index (χ4v) is 5.64. The van der Waals surface area contributed by atoms with E-state index in [1.807, 2.05) is 91.1 Å². The van der Waals surface area contributed by atoms with Crippen molar-refractivity contribution in [2.45, 2.75) is 0 Å². The summed E-state index contributed by atoms with van der Waals surface area (Å²) in [7, 11) is 0. The van der Waals surface area contributed by atoms with Crippen molar-refractivity contribution in [3.8, 4) is 22.6 Å². The quantitative estimate of drug-likeness (QED) is 0.234. The molecule has 0 amide bonds. The van der Waals surface area contributed by atoms with Crippen molar-refractivity contribution >= 4 is 65.9 Å². The first kappa shape index (κ1) is 20.6. The second-order valence-electron chi connectivity index (χ2n) is 9.61. The van der Waals surface area contributed by atoms with E-state index in [-0.39, 0.29) is 0 Å². The number of aromatic nitrogens is 3. The molecular weight excluding hydrogens is 486 g/mol. The first-order chi connectivity index (χ1) is 19.3. The van der Waals surface area contributed by atoms with Gasteiger partial charge in [0.25, 0.3) is 0 Å². The Kier molecular flexibility index (Phi) is 3.96. The molecule has 0 spiro atoms. The molecule has 6 nitrogen and oxygen atoms in total. The molecule has 0 saturated heterocycles. The van der Waals surface area contributed by atoms with Crippen molar-refractivity contribution in [3.63, 3.8) is 0 Å². The van der Waals surface area contributed by atoms with Crippen LogP contribution in [0.4, 0.5) is 0 Å². The third kappa shape index (κ3) is 2.82. The minimum Gasteiger partial charge on any atom is -0.456 e. The minimum absolute atomic E-state index is 0.568. The van der Waals surface area contributed by atoms with Gasteiger partial charge in [-0.25, -0.2) is 9.97 Å². The van der Waals surface area contributed by atoms with Crippen LogP contribution in [0.1, 0.15) is 0 Å². The second-order valence-corrected chi connectivity index (χ2v) is 9.61. The number of benzene rings is 4. The molecule has 6 heteroatoms. The summed E-state index contributed by atoms with van der Waals surface area (Å²) >= 11 is 0. The molecule has 5 heterocycles. The summed E-state index contributed by atoms with van der Waals surface area (Å²) in [5.74, 6) is 0.568. The van der Waals surface area contributed by atoms with E-state index in [0.717, 1.165) is 77.2 Å². The lowest BCUT2D eigenvalue weighted by Gasteiger charge is -2.06. The molecule has 9 aromatic rings. The summed E-state index contributed by atoms with van der Waals surface area (Å²) in [5, 5.41) is 4.79. The van der Waals surface area contributed by atoms with Gasteiger partial charge in [0.1, 0.15) is 39.1 Å². The van der Waals surface area contributed by atoms with E-state index in [1.165, 1.54) is 0 Å². The molecule has 182 valence electrons. The van der Waals surface area contributed by atoms with Crippen molar-refractivity contribution in [1.82, 2.24) is 15.0 Å². The molecule has 9 rings (SSSR count). The molecule has 0 atom stereocenters. The van der Waals surface area contributed by atoms with Crippen LogP contribution in [-0.2, 0) is 0 Å². The van der Waals surface area contributed by atoms with E-state index in [4.69, 9.17) is 23.2 Å². The summed E-state index contributed by atoms with van der Waals surface area (Å²) in [6.45, 7) is 0. The molecule has 0 aliphatic heterocycles. The average Bonchev–Trinajstić information content (AvgIpc) is 3.68. The number of para-hydroxylation sites is 2. The number of furan rings is 3. The predicted molar refractivity (Wildman–Crippen MR) is 153 cm³/mol. The number of fused-ring (bicyclic) bond motifs is 10. The number of nitrogens with zero attached hydrogens (tertiary/aromatic N) is 3. The monoisotopic (exact) mass is 503 g/mol. The molecule has 5 aromatic heterocycles. The van der Waals surface area contributed by atoms with Crippen LogP contribution in [0.5, 0.6) is 0 Å². The smallest absolute Gasteiger partial charge is 0.180 e. The largest absolute Gasteiger partial charge is 0.456 e. The summed E-state index contributed by atoms with van der Waals surface area (Å²) in [6, 6.07) is 30.0. The number of hydrogen-bond donors (Lipinski definition) is 0. The van der Waals surface area contributed by atoms with E-state index in [1.54, 1.807) is 6.20 Å². The Morgan fingerprint density at radius 1 is 0.513 bits per heavy atom. The van der Waals surface area contributed by atoms with E-state index in [0.29, 0.717) is 11.4 Å². The predicted octanol–water partition coefficient (Wildman–Crippen LogP) is 8.90. The van der Waals surface area contributed by atoms with Crippen molar-refractivity contribution < 1.29 is 13.3 Å². The highest BCUT2D eigenvalue weighted by molar-refractivity contribution is 6.22. The zero-order valence-electron chi connectivity index (χ0n) is 20.4. The Morgan fingerprint density at radius 3 is 2.31 bits per heavy atom.